The van der Waals surface area contributed by atoms with Crippen molar-refractivity contribution >= 4 is 43.9 Å². The fourth-order valence-electron chi connectivity index (χ4n) is 1.92. The van der Waals surface area contributed by atoms with Crippen molar-refractivity contribution in [2.45, 2.75) is 19.3 Å². The number of hydrogen-bond acceptors (Lipinski definition) is 3. The molecule has 1 aromatic rings. The van der Waals surface area contributed by atoms with Gasteiger partial charge in [-0.2, -0.15) is 5.26 Å². The summed E-state index contributed by atoms with van der Waals surface area (Å²) in [6.45, 7) is 0.516. The van der Waals surface area contributed by atoms with Gasteiger partial charge in [-0.25, -0.2) is 4.79 Å². The quantitative estimate of drug-likeness (QED) is 0.701. The molecule has 4 nitrogen and oxygen atoms in total. The van der Waals surface area contributed by atoms with Gasteiger partial charge in [0.1, 0.15) is 5.75 Å². The third kappa shape index (κ3) is 4.32. The largest absolute Gasteiger partial charge is 0.491 e. The van der Waals surface area contributed by atoms with Crippen LogP contribution in [0, 0.1) is 16.7 Å². The summed E-state index contributed by atoms with van der Waals surface area (Å²) >= 11 is 6.86. The Morgan fingerprint density at radius 1 is 1.43 bits per heavy atom. The molecule has 0 radical (unpaired) electrons. The Kier molecular flexibility index (Phi) is 5.07. The Bertz CT molecular complexity index is 607. The number of nitrogens with zero attached hydrogens (tertiary/aromatic N) is 1. The molecule has 0 heterocycles. The van der Waals surface area contributed by atoms with Crippen LogP contribution in [0.4, 0.5) is 0 Å². The van der Waals surface area contributed by atoms with Crippen LogP contribution in [-0.4, -0.2) is 17.7 Å². The van der Waals surface area contributed by atoms with Crippen LogP contribution < -0.4 is 4.74 Å². The zero-order chi connectivity index (χ0) is 15.5. The number of carbonyl (C=O) groups is 1. The monoisotopic (exact) mass is 413 g/mol. The van der Waals surface area contributed by atoms with Gasteiger partial charge in [-0.3, -0.25) is 0 Å². The van der Waals surface area contributed by atoms with Gasteiger partial charge in [0.2, 0.25) is 0 Å². The number of carboxylic acid groups (broad SMARTS) is 1. The van der Waals surface area contributed by atoms with Crippen molar-refractivity contribution in [3.63, 3.8) is 0 Å². The first-order valence-corrected chi connectivity index (χ1v) is 7.94. The van der Waals surface area contributed by atoms with Crippen LogP contribution in [0.2, 0.25) is 0 Å². The third-order valence-corrected chi connectivity index (χ3v) is 4.55. The molecule has 0 atom stereocenters. The molecule has 0 aromatic heterocycles. The average molecular weight is 415 g/mol. The van der Waals surface area contributed by atoms with Crippen molar-refractivity contribution in [1.82, 2.24) is 0 Å². The second kappa shape index (κ2) is 6.63. The summed E-state index contributed by atoms with van der Waals surface area (Å²) in [6.07, 6.45) is 5.16. The number of halogens is 2. The number of carboxylic acids is 1. The number of rotatable bonds is 6. The molecule has 0 bridgehead atoms. The molecule has 1 aromatic carbocycles. The second-order valence-electron chi connectivity index (χ2n) is 5.11. The van der Waals surface area contributed by atoms with Crippen LogP contribution in [0.1, 0.15) is 24.8 Å². The molecule has 0 amide bonds. The first-order valence-electron chi connectivity index (χ1n) is 6.36. The van der Waals surface area contributed by atoms with E-state index in [1.54, 1.807) is 12.1 Å². The highest BCUT2D eigenvalue weighted by Gasteiger charge is 2.43. The minimum Gasteiger partial charge on any atom is -0.491 e. The summed E-state index contributed by atoms with van der Waals surface area (Å²) in [5.74, 6) is -0.318. The van der Waals surface area contributed by atoms with Gasteiger partial charge in [0.05, 0.1) is 21.6 Å². The average Bonchev–Trinajstić information content (AvgIpc) is 3.16. The molecule has 0 spiro atoms. The lowest BCUT2D eigenvalue weighted by molar-refractivity contribution is -0.131. The van der Waals surface area contributed by atoms with E-state index in [1.165, 1.54) is 6.08 Å². The predicted octanol–water partition coefficient (Wildman–Crippen LogP) is 4.38. The lowest BCUT2D eigenvalue weighted by Gasteiger charge is -2.15. The Balaban J connectivity index is 2.11. The van der Waals surface area contributed by atoms with Crippen molar-refractivity contribution in [2.24, 2.45) is 5.41 Å². The minimum atomic E-state index is -0.991. The molecule has 1 fully saturated rings. The summed E-state index contributed by atoms with van der Waals surface area (Å²) in [4.78, 5) is 10.5. The number of nitriles is 1. The molecule has 1 aliphatic rings. The van der Waals surface area contributed by atoms with Gasteiger partial charge in [0.15, 0.2) is 0 Å². The Hall–Kier alpha value is -1.32. The minimum absolute atomic E-state index is 0.00944. The molecule has 1 N–H and O–H groups in total. The maximum atomic E-state index is 10.5. The van der Waals surface area contributed by atoms with E-state index in [-0.39, 0.29) is 5.41 Å². The lowest BCUT2D eigenvalue weighted by atomic mass is 10.1. The van der Waals surface area contributed by atoms with Gasteiger partial charge in [0, 0.05) is 17.9 Å². The number of hydrogen-bond donors (Lipinski definition) is 1. The number of aliphatic carboxylic acids is 1. The zero-order valence-electron chi connectivity index (χ0n) is 11.1. The second-order valence-corrected chi connectivity index (χ2v) is 6.82. The highest BCUT2D eigenvalue weighted by molar-refractivity contribution is 9.11. The lowest BCUT2D eigenvalue weighted by Crippen LogP contribution is -2.12. The van der Waals surface area contributed by atoms with E-state index in [2.05, 4.69) is 37.9 Å². The van der Waals surface area contributed by atoms with Crippen LogP contribution in [0.3, 0.4) is 0 Å². The van der Waals surface area contributed by atoms with E-state index in [0.29, 0.717) is 18.8 Å². The van der Waals surface area contributed by atoms with Crippen LogP contribution in [0.15, 0.2) is 27.2 Å². The molecule has 0 unspecified atom stereocenters. The fourth-order valence-corrected chi connectivity index (χ4v) is 3.37. The van der Waals surface area contributed by atoms with Gasteiger partial charge in [-0.05, 0) is 68.5 Å². The molecule has 21 heavy (non-hydrogen) atoms. The van der Waals surface area contributed by atoms with Crippen molar-refractivity contribution in [3.05, 3.63) is 32.7 Å². The normalized spacial score (nSPS) is 15.7. The van der Waals surface area contributed by atoms with Crippen molar-refractivity contribution in [2.75, 3.05) is 6.61 Å². The molecule has 1 aliphatic carbocycles. The first kappa shape index (κ1) is 16.1. The van der Waals surface area contributed by atoms with E-state index in [1.807, 2.05) is 0 Å². The Morgan fingerprint density at radius 2 is 2.05 bits per heavy atom. The third-order valence-electron chi connectivity index (χ3n) is 3.37. The van der Waals surface area contributed by atoms with E-state index < -0.39 is 5.97 Å². The van der Waals surface area contributed by atoms with E-state index in [0.717, 1.165) is 33.4 Å². The molecular weight excluding hydrogens is 402 g/mol. The summed E-state index contributed by atoms with van der Waals surface area (Å²) in [7, 11) is 0. The van der Waals surface area contributed by atoms with Gasteiger partial charge in [0.25, 0.3) is 0 Å². The first-order chi connectivity index (χ1) is 9.96. The molecular formula is C15H13Br2NO3. The maximum absolute atomic E-state index is 10.5. The number of ether oxygens (including phenoxy) is 1. The maximum Gasteiger partial charge on any atom is 0.328 e. The van der Waals surface area contributed by atoms with Crippen molar-refractivity contribution in [3.8, 4) is 11.8 Å². The van der Waals surface area contributed by atoms with Crippen molar-refractivity contribution in [1.29, 1.82) is 5.26 Å². The SMILES string of the molecule is N#CCC1(COc2c(Br)cc(/C=C/C(=O)O)cc2Br)CC1. The van der Waals surface area contributed by atoms with Gasteiger partial charge < -0.3 is 9.84 Å². The molecule has 0 aliphatic heterocycles. The summed E-state index contributed by atoms with van der Waals surface area (Å²) < 4.78 is 7.33. The Morgan fingerprint density at radius 3 is 2.52 bits per heavy atom. The van der Waals surface area contributed by atoms with Crippen LogP contribution in [-0.2, 0) is 4.79 Å². The highest BCUT2D eigenvalue weighted by Crippen LogP contribution is 2.49. The van der Waals surface area contributed by atoms with Gasteiger partial charge in [-0.1, -0.05) is 0 Å². The predicted molar refractivity (Wildman–Crippen MR) is 85.9 cm³/mol. The smallest absolute Gasteiger partial charge is 0.328 e. The van der Waals surface area contributed by atoms with Gasteiger partial charge in [-0.15, -0.1) is 0 Å². The fraction of sp³-hybridized carbons (Fsp3) is 0.333. The highest BCUT2D eigenvalue weighted by atomic mass is 79.9. The summed E-state index contributed by atoms with van der Waals surface area (Å²) in [6, 6.07) is 5.79. The molecule has 0 saturated heterocycles. The number of benzene rings is 1. The standard InChI is InChI=1S/C15H13Br2NO3/c16-11-7-10(1-2-13(19)20)8-12(17)14(11)21-9-15(3-4-15)5-6-18/h1-2,7-8H,3-5,9H2,(H,19,20)/b2-1+. The van der Waals surface area contributed by atoms with Crippen LogP contribution in [0.25, 0.3) is 6.08 Å². The van der Waals surface area contributed by atoms with Crippen molar-refractivity contribution < 1.29 is 14.6 Å². The van der Waals surface area contributed by atoms with Gasteiger partial charge >= 0.3 is 5.97 Å². The van der Waals surface area contributed by atoms with Crippen LogP contribution >= 0.6 is 31.9 Å². The van der Waals surface area contributed by atoms with E-state index in [9.17, 15) is 4.79 Å². The summed E-state index contributed by atoms with van der Waals surface area (Å²) in [5.41, 5.74) is 0.761. The molecule has 2 rings (SSSR count). The Labute approximate surface area is 139 Å². The molecule has 6 heteroatoms. The molecule has 1 saturated carbocycles. The van der Waals surface area contributed by atoms with Crippen LogP contribution in [0.5, 0.6) is 5.75 Å². The summed E-state index contributed by atoms with van der Waals surface area (Å²) in [5, 5.41) is 17.4. The van der Waals surface area contributed by atoms with E-state index in [4.69, 9.17) is 15.1 Å². The topological polar surface area (TPSA) is 70.3 Å². The molecule has 110 valence electrons. The van der Waals surface area contributed by atoms with E-state index >= 15 is 0 Å². The zero-order valence-corrected chi connectivity index (χ0v) is 14.3.